The predicted molar refractivity (Wildman–Crippen MR) is 47.7 cm³/mol. The molecule has 1 atom stereocenters. The second kappa shape index (κ2) is 5.94. The van der Waals surface area contributed by atoms with Crippen molar-refractivity contribution in [1.29, 1.82) is 5.26 Å². The summed E-state index contributed by atoms with van der Waals surface area (Å²) in [7, 11) is 0. The van der Waals surface area contributed by atoms with Crippen LogP contribution in [0.3, 0.4) is 0 Å². The van der Waals surface area contributed by atoms with E-state index in [1.807, 2.05) is 0 Å². The zero-order chi connectivity index (χ0) is 11.1. The molecule has 0 aromatic carbocycles. The van der Waals surface area contributed by atoms with E-state index in [1.54, 1.807) is 6.07 Å². The number of hydrogen-bond donors (Lipinski definition) is 2. The Balaban J connectivity index is 4.31. The molecule has 0 saturated carbocycles. The molecule has 1 unspecified atom stereocenters. The van der Waals surface area contributed by atoms with Gasteiger partial charge in [0.15, 0.2) is 0 Å². The molecule has 78 valence electrons. The first-order valence-corrected chi connectivity index (χ1v) is 4.08. The lowest BCUT2D eigenvalue weighted by atomic mass is 10.3. The van der Waals surface area contributed by atoms with E-state index < -0.39 is 17.9 Å². The second-order valence-electron chi connectivity index (χ2n) is 2.92. The number of aliphatic hydroxyl groups is 1. The zero-order valence-electron chi connectivity index (χ0n) is 7.93. The highest BCUT2D eigenvalue weighted by Crippen LogP contribution is 1.96. The quantitative estimate of drug-likeness (QED) is 0.567. The Morgan fingerprint density at radius 1 is 1.64 bits per heavy atom. The monoisotopic (exact) mass is 199 g/mol. The van der Waals surface area contributed by atoms with Crippen LogP contribution < -0.4 is 5.73 Å². The van der Waals surface area contributed by atoms with Gasteiger partial charge < -0.3 is 15.7 Å². The highest BCUT2D eigenvalue weighted by Gasteiger charge is 2.16. The van der Waals surface area contributed by atoms with Crippen LogP contribution in [0, 0.1) is 11.3 Å². The fraction of sp³-hybridized carbons (Fsp3) is 0.625. The highest BCUT2D eigenvalue weighted by atomic mass is 16.3. The minimum atomic E-state index is -0.753. The van der Waals surface area contributed by atoms with Gasteiger partial charge in [-0.25, -0.2) is 0 Å². The van der Waals surface area contributed by atoms with E-state index in [0.717, 1.165) is 4.90 Å². The minimum Gasteiger partial charge on any atom is -0.392 e. The molecule has 0 fully saturated rings. The smallest absolute Gasteiger partial charge is 0.237 e. The maximum atomic E-state index is 11.2. The van der Waals surface area contributed by atoms with E-state index in [-0.39, 0.29) is 19.5 Å². The lowest BCUT2D eigenvalue weighted by Gasteiger charge is -2.21. The number of carbonyl (C=O) groups excluding carboxylic acids is 2. The summed E-state index contributed by atoms with van der Waals surface area (Å²) >= 11 is 0. The van der Waals surface area contributed by atoms with Crippen LogP contribution in [-0.2, 0) is 9.59 Å². The number of primary amides is 1. The van der Waals surface area contributed by atoms with Crippen molar-refractivity contribution in [3.8, 4) is 6.07 Å². The summed E-state index contributed by atoms with van der Waals surface area (Å²) in [4.78, 5) is 22.8. The van der Waals surface area contributed by atoms with Crippen LogP contribution >= 0.6 is 0 Å². The van der Waals surface area contributed by atoms with Crippen molar-refractivity contribution in [3.05, 3.63) is 0 Å². The van der Waals surface area contributed by atoms with Crippen molar-refractivity contribution in [1.82, 2.24) is 4.90 Å². The third-order valence-corrected chi connectivity index (χ3v) is 1.41. The van der Waals surface area contributed by atoms with Crippen molar-refractivity contribution < 1.29 is 14.7 Å². The van der Waals surface area contributed by atoms with Gasteiger partial charge in [-0.05, 0) is 6.92 Å². The standard InChI is InChI=1S/C8H13N3O3/c1-6(12)4-11(5-7(10)13)8(14)2-3-9/h6,12H,2,4-5H2,1H3,(H2,10,13). The van der Waals surface area contributed by atoms with Gasteiger partial charge in [0.2, 0.25) is 11.8 Å². The molecule has 0 rings (SSSR count). The first-order chi connectivity index (χ1) is 6.47. The molecular formula is C8H13N3O3. The molecule has 0 heterocycles. The Hall–Kier alpha value is -1.61. The lowest BCUT2D eigenvalue weighted by molar-refractivity contribution is -0.135. The molecule has 0 aromatic heterocycles. The predicted octanol–water partition coefficient (Wildman–Crippen LogP) is -1.41. The van der Waals surface area contributed by atoms with Gasteiger partial charge in [-0.1, -0.05) is 0 Å². The summed E-state index contributed by atoms with van der Waals surface area (Å²) in [6, 6.07) is 1.67. The van der Waals surface area contributed by atoms with Crippen LogP contribution in [0.15, 0.2) is 0 Å². The van der Waals surface area contributed by atoms with Gasteiger partial charge in [0.1, 0.15) is 6.42 Å². The zero-order valence-corrected chi connectivity index (χ0v) is 7.93. The summed E-state index contributed by atoms with van der Waals surface area (Å²) in [5.41, 5.74) is 4.91. The Labute approximate surface area is 81.9 Å². The molecule has 0 aliphatic heterocycles. The van der Waals surface area contributed by atoms with E-state index in [2.05, 4.69) is 0 Å². The molecule has 0 aliphatic rings. The van der Waals surface area contributed by atoms with Crippen molar-refractivity contribution in [2.75, 3.05) is 13.1 Å². The van der Waals surface area contributed by atoms with Crippen LogP contribution in [0.5, 0.6) is 0 Å². The number of nitrogens with two attached hydrogens (primary N) is 1. The van der Waals surface area contributed by atoms with Gasteiger partial charge in [0.25, 0.3) is 0 Å². The van der Waals surface area contributed by atoms with E-state index in [4.69, 9.17) is 16.1 Å². The van der Waals surface area contributed by atoms with Gasteiger partial charge in [0.05, 0.1) is 18.7 Å². The Bertz CT molecular complexity index is 257. The number of nitrogens with zero attached hydrogens (tertiary/aromatic N) is 2. The third kappa shape index (κ3) is 5.11. The lowest BCUT2D eigenvalue weighted by Crippen LogP contribution is -2.41. The summed E-state index contributed by atoms with van der Waals surface area (Å²) in [6.45, 7) is 1.21. The number of rotatable bonds is 5. The summed E-state index contributed by atoms with van der Waals surface area (Å²) < 4.78 is 0. The Morgan fingerprint density at radius 2 is 2.21 bits per heavy atom. The minimum absolute atomic E-state index is 0.00343. The largest absolute Gasteiger partial charge is 0.392 e. The Morgan fingerprint density at radius 3 is 2.57 bits per heavy atom. The summed E-state index contributed by atoms with van der Waals surface area (Å²) in [6.07, 6.45) is -1.07. The molecule has 2 amide bonds. The highest BCUT2D eigenvalue weighted by molar-refractivity contribution is 5.84. The number of amides is 2. The van der Waals surface area contributed by atoms with Crippen LogP contribution in [-0.4, -0.2) is 41.0 Å². The van der Waals surface area contributed by atoms with Gasteiger partial charge >= 0.3 is 0 Å². The fourth-order valence-corrected chi connectivity index (χ4v) is 0.941. The summed E-state index contributed by atoms with van der Waals surface area (Å²) in [5.74, 6) is -1.18. The van der Waals surface area contributed by atoms with Gasteiger partial charge in [-0.2, -0.15) is 5.26 Å². The molecule has 6 heteroatoms. The summed E-state index contributed by atoms with van der Waals surface area (Å²) in [5, 5.41) is 17.3. The van der Waals surface area contributed by atoms with Crippen molar-refractivity contribution in [2.24, 2.45) is 5.73 Å². The van der Waals surface area contributed by atoms with Crippen molar-refractivity contribution in [3.63, 3.8) is 0 Å². The average Bonchev–Trinajstić information content (AvgIpc) is 2.01. The molecule has 14 heavy (non-hydrogen) atoms. The molecule has 0 spiro atoms. The van der Waals surface area contributed by atoms with Gasteiger partial charge in [-0.3, -0.25) is 9.59 Å². The molecule has 3 N–H and O–H groups in total. The molecule has 6 nitrogen and oxygen atoms in total. The first kappa shape index (κ1) is 12.4. The van der Waals surface area contributed by atoms with Gasteiger partial charge in [-0.15, -0.1) is 0 Å². The van der Waals surface area contributed by atoms with Crippen molar-refractivity contribution >= 4 is 11.8 Å². The van der Waals surface area contributed by atoms with Gasteiger partial charge in [0, 0.05) is 6.54 Å². The molecular weight excluding hydrogens is 186 g/mol. The van der Waals surface area contributed by atoms with E-state index in [1.165, 1.54) is 6.92 Å². The number of aliphatic hydroxyl groups excluding tert-OH is 1. The van der Waals surface area contributed by atoms with Crippen LogP contribution in [0.25, 0.3) is 0 Å². The van der Waals surface area contributed by atoms with Crippen LogP contribution in [0.4, 0.5) is 0 Å². The maximum Gasteiger partial charge on any atom is 0.237 e. The normalized spacial score (nSPS) is 11.5. The SMILES string of the molecule is CC(O)CN(CC(N)=O)C(=O)CC#N. The van der Waals surface area contributed by atoms with Crippen LogP contribution in [0.2, 0.25) is 0 Å². The van der Waals surface area contributed by atoms with Crippen LogP contribution in [0.1, 0.15) is 13.3 Å². The first-order valence-electron chi connectivity index (χ1n) is 4.08. The fourth-order valence-electron chi connectivity index (χ4n) is 0.941. The number of carbonyl (C=O) groups is 2. The van der Waals surface area contributed by atoms with E-state index in [9.17, 15) is 9.59 Å². The molecule has 0 aromatic rings. The average molecular weight is 199 g/mol. The third-order valence-electron chi connectivity index (χ3n) is 1.41. The second-order valence-corrected chi connectivity index (χ2v) is 2.92. The van der Waals surface area contributed by atoms with Crippen molar-refractivity contribution in [2.45, 2.75) is 19.4 Å². The topological polar surface area (TPSA) is 107 Å². The molecule has 0 bridgehead atoms. The van der Waals surface area contributed by atoms with E-state index >= 15 is 0 Å². The number of hydrogen-bond acceptors (Lipinski definition) is 4. The van der Waals surface area contributed by atoms with E-state index in [0.29, 0.717) is 0 Å². The molecule has 0 aliphatic carbocycles. The Kier molecular flexibility index (Phi) is 5.26. The molecule has 0 radical (unpaired) electrons. The maximum absolute atomic E-state index is 11.2. The molecule has 0 saturated heterocycles. The number of nitriles is 1.